The van der Waals surface area contributed by atoms with Crippen LogP contribution >= 0.6 is 0 Å². The molecule has 2 aromatic carbocycles. The lowest BCUT2D eigenvalue weighted by molar-refractivity contribution is -0.132. The van der Waals surface area contributed by atoms with E-state index in [2.05, 4.69) is 66.5 Å². The van der Waals surface area contributed by atoms with E-state index in [1.54, 1.807) is 0 Å². The lowest BCUT2D eigenvalue weighted by atomic mass is 10.1. The number of nitrogens with zero attached hydrogens (tertiary/aromatic N) is 2. The second-order valence-corrected chi connectivity index (χ2v) is 7.14. The van der Waals surface area contributed by atoms with Gasteiger partial charge in [0, 0.05) is 51.4 Å². The molecule has 1 heterocycles. The topological polar surface area (TPSA) is 35.6 Å². The highest BCUT2D eigenvalue weighted by molar-refractivity contribution is 5.77. The van der Waals surface area contributed by atoms with Crippen LogP contribution in [0.2, 0.25) is 0 Å². The van der Waals surface area contributed by atoms with Crippen molar-refractivity contribution >= 4 is 11.6 Å². The molecule has 26 heavy (non-hydrogen) atoms. The molecule has 0 bridgehead atoms. The van der Waals surface area contributed by atoms with Crippen LogP contribution in [0, 0.1) is 13.8 Å². The summed E-state index contributed by atoms with van der Waals surface area (Å²) in [6, 6.07) is 16.9. The first-order chi connectivity index (χ1) is 12.6. The van der Waals surface area contributed by atoms with Crippen LogP contribution in [0.4, 0.5) is 5.69 Å². The van der Waals surface area contributed by atoms with Gasteiger partial charge in [-0.25, -0.2) is 0 Å². The number of carbonyl (C=O) groups excluding carboxylic acids is 1. The predicted octanol–water partition coefficient (Wildman–Crippen LogP) is 3.45. The van der Waals surface area contributed by atoms with Gasteiger partial charge in [0.1, 0.15) is 0 Å². The predicted molar refractivity (Wildman–Crippen MR) is 107 cm³/mol. The van der Waals surface area contributed by atoms with E-state index in [-0.39, 0.29) is 5.91 Å². The molecule has 1 N–H and O–H groups in total. The van der Waals surface area contributed by atoms with Gasteiger partial charge in [0.05, 0.1) is 0 Å². The molecule has 0 aromatic heterocycles. The molecule has 2 aromatic rings. The largest absolute Gasteiger partial charge is 0.384 e. The molecule has 1 aliphatic rings. The minimum absolute atomic E-state index is 0.252. The van der Waals surface area contributed by atoms with Crippen molar-refractivity contribution in [2.24, 2.45) is 0 Å². The van der Waals surface area contributed by atoms with Crippen LogP contribution in [-0.2, 0) is 11.3 Å². The lowest BCUT2D eigenvalue weighted by Gasteiger charge is -2.34. The van der Waals surface area contributed by atoms with Crippen molar-refractivity contribution in [2.75, 3.05) is 38.0 Å². The molecule has 1 saturated heterocycles. The van der Waals surface area contributed by atoms with Gasteiger partial charge in [-0.15, -0.1) is 0 Å². The minimum atomic E-state index is 0.252. The van der Waals surface area contributed by atoms with E-state index >= 15 is 0 Å². The quantitative estimate of drug-likeness (QED) is 0.866. The molecule has 4 heteroatoms. The molecule has 4 nitrogen and oxygen atoms in total. The number of carbonyl (C=O) groups is 1. The van der Waals surface area contributed by atoms with Gasteiger partial charge in [-0.05, 0) is 31.0 Å². The zero-order valence-corrected chi connectivity index (χ0v) is 15.9. The van der Waals surface area contributed by atoms with Gasteiger partial charge < -0.3 is 10.2 Å². The summed E-state index contributed by atoms with van der Waals surface area (Å²) >= 11 is 0. The number of anilines is 1. The van der Waals surface area contributed by atoms with Crippen molar-refractivity contribution < 1.29 is 4.79 Å². The van der Waals surface area contributed by atoms with E-state index in [0.29, 0.717) is 13.0 Å². The first kappa shape index (κ1) is 18.5. The van der Waals surface area contributed by atoms with Crippen LogP contribution in [0.3, 0.4) is 0 Å². The Hall–Kier alpha value is -2.33. The molecule has 1 aliphatic heterocycles. The number of aryl methyl sites for hydroxylation is 2. The van der Waals surface area contributed by atoms with Crippen LogP contribution in [0.1, 0.15) is 23.1 Å². The van der Waals surface area contributed by atoms with Crippen LogP contribution in [0.15, 0.2) is 48.5 Å². The number of benzene rings is 2. The third-order valence-electron chi connectivity index (χ3n) is 5.01. The summed E-state index contributed by atoms with van der Waals surface area (Å²) < 4.78 is 0. The van der Waals surface area contributed by atoms with E-state index in [1.165, 1.54) is 16.7 Å². The Morgan fingerprint density at radius 3 is 2.42 bits per heavy atom. The van der Waals surface area contributed by atoms with Crippen molar-refractivity contribution in [3.05, 3.63) is 65.2 Å². The molecule has 0 spiro atoms. The standard InChI is InChI=1S/C22H29N3O/c1-18-8-9-21(19(2)16-18)23-11-10-22(26)25-14-12-24(13-15-25)17-20-6-4-3-5-7-20/h3-9,16,23H,10-15,17H2,1-2H3. The average Bonchev–Trinajstić information content (AvgIpc) is 2.65. The second-order valence-electron chi connectivity index (χ2n) is 7.14. The molecule has 0 aliphatic carbocycles. The van der Waals surface area contributed by atoms with Crippen molar-refractivity contribution in [3.63, 3.8) is 0 Å². The molecular weight excluding hydrogens is 322 g/mol. The van der Waals surface area contributed by atoms with Gasteiger partial charge in [-0.1, -0.05) is 48.0 Å². The molecule has 0 saturated carbocycles. The van der Waals surface area contributed by atoms with Gasteiger partial charge >= 0.3 is 0 Å². The van der Waals surface area contributed by atoms with Crippen molar-refractivity contribution in [3.8, 4) is 0 Å². The van der Waals surface area contributed by atoms with Gasteiger partial charge in [0.15, 0.2) is 0 Å². The molecular formula is C22H29N3O. The van der Waals surface area contributed by atoms with E-state index in [0.717, 1.165) is 38.4 Å². The summed E-state index contributed by atoms with van der Waals surface area (Å²) in [5, 5.41) is 3.39. The summed E-state index contributed by atoms with van der Waals surface area (Å²) in [5.41, 5.74) is 4.95. The lowest BCUT2D eigenvalue weighted by Crippen LogP contribution is -2.48. The molecule has 0 unspecified atom stereocenters. The molecule has 1 amide bonds. The summed E-state index contributed by atoms with van der Waals surface area (Å²) in [6.45, 7) is 9.41. The maximum absolute atomic E-state index is 12.5. The van der Waals surface area contributed by atoms with Gasteiger partial charge in [-0.3, -0.25) is 9.69 Å². The minimum Gasteiger partial charge on any atom is -0.384 e. The Labute approximate surface area is 156 Å². The fourth-order valence-corrected chi connectivity index (χ4v) is 3.47. The zero-order chi connectivity index (χ0) is 18.4. The number of hydrogen-bond donors (Lipinski definition) is 1. The summed E-state index contributed by atoms with van der Waals surface area (Å²) in [5.74, 6) is 0.252. The Morgan fingerprint density at radius 1 is 1.00 bits per heavy atom. The number of rotatable bonds is 6. The average molecular weight is 351 g/mol. The second kappa shape index (κ2) is 8.86. The Kier molecular flexibility index (Phi) is 6.29. The summed E-state index contributed by atoms with van der Waals surface area (Å²) in [6.07, 6.45) is 0.548. The Balaban J connectivity index is 1.39. The number of nitrogens with one attached hydrogen (secondary N) is 1. The molecule has 0 atom stereocenters. The molecule has 0 radical (unpaired) electrons. The smallest absolute Gasteiger partial charge is 0.224 e. The van der Waals surface area contributed by atoms with E-state index in [4.69, 9.17) is 0 Å². The summed E-state index contributed by atoms with van der Waals surface area (Å²) in [4.78, 5) is 16.9. The highest BCUT2D eigenvalue weighted by Crippen LogP contribution is 2.16. The fraction of sp³-hybridized carbons (Fsp3) is 0.409. The Morgan fingerprint density at radius 2 is 1.73 bits per heavy atom. The monoisotopic (exact) mass is 351 g/mol. The van der Waals surface area contributed by atoms with E-state index in [9.17, 15) is 4.79 Å². The highest BCUT2D eigenvalue weighted by Gasteiger charge is 2.20. The third-order valence-corrected chi connectivity index (χ3v) is 5.01. The molecule has 138 valence electrons. The fourth-order valence-electron chi connectivity index (χ4n) is 3.47. The first-order valence-corrected chi connectivity index (χ1v) is 9.47. The molecule has 1 fully saturated rings. The van der Waals surface area contributed by atoms with Gasteiger partial charge in [0.25, 0.3) is 0 Å². The third kappa shape index (κ3) is 5.09. The number of hydrogen-bond acceptors (Lipinski definition) is 3. The van der Waals surface area contributed by atoms with E-state index in [1.807, 2.05) is 11.0 Å². The maximum atomic E-state index is 12.5. The summed E-state index contributed by atoms with van der Waals surface area (Å²) in [7, 11) is 0. The van der Waals surface area contributed by atoms with Gasteiger partial charge in [0.2, 0.25) is 5.91 Å². The van der Waals surface area contributed by atoms with Gasteiger partial charge in [-0.2, -0.15) is 0 Å². The van der Waals surface area contributed by atoms with Crippen molar-refractivity contribution in [1.29, 1.82) is 0 Å². The zero-order valence-electron chi connectivity index (χ0n) is 15.9. The van der Waals surface area contributed by atoms with Crippen molar-refractivity contribution in [1.82, 2.24) is 9.80 Å². The van der Waals surface area contributed by atoms with Crippen LogP contribution in [0.25, 0.3) is 0 Å². The van der Waals surface area contributed by atoms with Crippen LogP contribution in [0.5, 0.6) is 0 Å². The van der Waals surface area contributed by atoms with Crippen LogP contribution < -0.4 is 5.32 Å². The normalized spacial score (nSPS) is 15.1. The molecule has 3 rings (SSSR count). The van der Waals surface area contributed by atoms with Crippen LogP contribution in [-0.4, -0.2) is 48.4 Å². The Bertz CT molecular complexity index is 721. The number of piperazine rings is 1. The first-order valence-electron chi connectivity index (χ1n) is 9.47. The number of amides is 1. The SMILES string of the molecule is Cc1ccc(NCCC(=O)N2CCN(Cc3ccccc3)CC2)c(C)c1. The van der Waals surface area contributed by atoms with E-state index < -0.39 is 0 Å². The highest BCUT2D eigenvalue weighted by atomic mass is 16.2. The maximum Gasteiger partial charge on any atom is 0.224 e. The van der Waals surface area contributed by atoms with Crippen molar-refractivity contribution in [2.45, 2.75) is 26.8 Å².